The van der Waals surface area contributed by atoms with Gasteiger partial charge in [-0.2, -0.15) is 0 Å². The second-order valence-electron chi connectivity index (χ2n) is 9.45. The molecule has 0 radical (unpaired) electrons. The number of aryl methyl sites for hydroxylation is 2. The fraction of sp³-hybridized carbons (Fsp3) is 0.296. The van der Waals surface area contributed by atoms with Gasteiger partial charge in [0.1, 0.15) is 11.4 Å². The summed E-state index contributed by atoms with van der Waals surface area (Å²) in [6, 6.07) is 20.0. The smallest absolute Gasteiger partial charge is 0.246 e. The van der Waals surface area contributed by atoms with E-state index < -0.39 is 5.41 Å². The predicted octanol–water partition coefficient (Wildman–Crippen LogP) is 6.74. The van der Waals surface area contributed by atoms with Crippen molar-refractivity contribution in [3.05, 3.63) is 87.9 Å². The molecule has 0 fully saturated rings. The molecule has 0 spiro atoms. The van der Waals surface area contributed by atoms with Gasteiger partial charge in [0.15, 0.2) is 0 Å². The number of benzene rings is 3. The third-order valence-corrected chi connectivity index (χ3v) is 6.88. The molecule has 2 heterocycles. The average Bonchev–Trinajstić information content (AvgIpc) is 2.95. The molecule has 31 heavy (non-hydrogen) atoms. The molecule has 0 saturated carbocycles. The molecule has 0 saturated heterocycles. The molecule has 4 heteroatoms. The van der Waals surface area contributed by atoms with Gasteiger partial charge in [0, 0.05) is 10.7 Å². The lowest BCUT2D eigenvalue weighted by Crippen LogP contribution is -2.37. The Morgan fingerprint density at radius 2 is 1.81 bits per heavy atom. The number of halogens is 1. The van der Waals surface area contributed by atoms with E-state index in [1.165, 1.54) is 0 Å². The third-order valence-electron chi connectivity index (χ3n) is 6.65. The van der Waals surface area contributed by atoms with E-state index in [0.717, 1.165) is 52.2 Å². The molecule has 2 aliphatic rings. The second kappa shape index (κ2) is 6.86. The Morgan fingerprint density at radius 1 is 1.00 bits per heavy atom. The number of ether oxygens (including phenoxy) is 1. The van der Waals surface area contributed by atoms with Gasteiger partial charge in [-0.15, -0.1) is 0 Å². The van der Waals surface area contributed by atoms with Crippen molar-refractivity contribution in [2.75, 3.05) is 4.90 Å². The molecule has 0 bridgehead atoms. The number of hydrogen-bond acceptors (Lipinski definition) is 2. The molecule has 1 amide bonds. The summed E-state index contributed by atoms with van der Waals surface area (Å²) in [6.07, 6.45) is 1.89. The van der Waals surface area contributed by atoms with Crippen molar-refractivity contribution >= 4 is 28.9 Å². The molecule has 158 valence electrons. The zero-order chi connectivity index (χ0) is 22.0. The van der Waals surface area contributed by atoms with E-state index in [-0.39, 0.29) is 11.5 Å². The van der Waals surface area contributed by atoms with E-state index in [9.17, 15) is 4.79 Å². The molecule has 3 aromatic rings. The van der Waals surface area contributed by atoms with E-state index in [1.807, 2.05) is 73.3 Å². The van der Waals surface area contributed by atoms with Crippen molar-refractivity contribution in [2.45, 2.75) is 51.6 Å². The number of fused-ring (bicyclic) bond motifs is 2. The standard InChI is InChI=1S/C27H26ClNO2/c1-17-6-5-7-21(14-17)29-23-10-9-20(28)16-22(23)27(4,25(29)30)19-8-11-24-18(15-19)12-13-26(2,3)31-24/h5-11,14-16H,12-13H2,1-4H3/t27-/m0/s1. The van der Waals surface area contributed by atoms with Crippen LogP contribution in [0.1, 0.15) is 49.4 Å². The van der Waals surface area contributed by atoms with Gasteiger partial charge in [-0.1, -0.05) is 35.9 Å². The molecule has 2 aliphatic heterocycles. The minimum absolute atomic E-state index is 0.0346. The Morgan fingerprint density at radius 3 is 2.58 bits per heavy atom. The number of carbonyl (C=O) groups excluding carboxylic acids is 1. The minimum Gasteiger partial charge on any atom is -0.488 e. The monoisotopic (exact) mass is 431 g/mol. The maximum Gasteiger partial charge on any atom is 0.246 e. The summed E-state index contributed by atoms with van der Waals surface area (Å²) in [7, 11) is 0. The summed E-state index contributed by atoms with van der Waals surface area (Å²) in [5.41, 5.74) is 4.95. The molecule has 3 nitrogen and oxygen atoms in total. The van der Waals surface area contributed by atoms with Crippen molar-refractivity contribution in [3.63, 3.8) is 0 Å². The second-order valence-corrected chi connectivity index (χ2v) is 9.89. The van der Waals surface area contributed by atoms with Gasteiger partial charge in [0.2, 0.25) is 5.91 Å². The van der Waals surface area contributed by atoms with E-state index in [4.69, 9.17) is 16.3 Å². The quantitative estimate of drug-likeness (QED) is 0.449. The van der Waals surface area contributed by atoms with Crippen LogP contribution >= 0.6 is 11.6 Å². The number of nitrogens with zero attached hydrogens (tertiary/aromatic N) is 1. The first-order chi connectivity index (χ1) is 14.7. The highest BCUT2D eigenvalue weighted by Crippen LogP contribution is 2.50. The van der Waals surface area contributed by atoms with Crippen LogP contribution in [0.4, 0.5) is 11.4 Å². The van der Waals surface area contributed by atoms with Crippen LogP contribution in [0.25, 0.3) is 0 Å². The fourth-order valence-corrected chi connectivity index (χ4v) is 5.00. The van der Waals surface area contributed by atoms with Gasteiger partial charge in [0.25, 0.3) is 0 Å². The highest BCUT2D eigenvalue weighted by molar-refractivity contribution is 6.31. The van der Waals surface area contributed by atoms with E-state index in [1.54, 1.807) is 0 Å². The number of carbonyl (C=O) groups is 1. The van der Waals surface area contributed by atoms with Crippen molar-refractivity contribution in [1.82, 2.24) is 0 Å². The molecule has 1 atom stereocenters. The topological polar surface area (TPSA) is 29.5 Å². The Kier molecular flexibility index (Phi) is 4.46. The Hall–Kier alpha value is -2.78. The molecule has 5 rings (SSSR count). The molecule has 0 N–H and O–H groups in total. The Balaban J connectivity index is 1.67. The summed E-state index contributed by atoms with van der Waals surface area (Å²) in [5, 5.41) is 0.631. The van der Waals surface area contributed by atoms with Gasteiger partial charge < -0.3 is 4.74 Å². The maximum absolute atomic E-state index is 14.0. The van der Waals surface area contributed by atoms with Crippen molar-refractivity contribution in [3.8, 4) is 5.75 Å². The zero-order valence-electron chi connectivity index (χ0n) is 18.3. The van der Waals surface area contributed by atoms with Crippen LogP contribution in [-0.4, -0.2) is 11.5 Å². The third kappa shape index (κ3) is 3.14. The lowest BCUT2D eigenvalue weighted by Gasteiger charge is -2.34. The van der Waals surface area contributed by atoms with Crippen LogP contribution in [0.2, 0.25) is 5.02 Å². The highest BCUT2D eigenvalue weighted by atomic mass is 35.5. The number of hydrogen-bond donors (Lipinski definition) is 0. The Labute approximate surface area is 188 Å². The summed E-state index contributed by atoms with van der Waals surface area (Å²) >= 11 is 6.40. The van der Waals surface area contributed by atoms with Crippen LogP contribution in [0.15, 0.2) is 60.7 Å². The number of rotatable bonds is 2. The summed E-state index contributed by atoms with van der Waals surface area (Å²) in [5.74, 6) is 0.947. The van der Waals surface area contributed by atoms with E-state index >= 15 is 0 Å². The summed E-state index contributed by atoms with van der Waals surface area (Å²) in [6.45, 7) is 8.28. The maximum atomic E-state index is 14.0. The average molecular weight is 432 g/mol. The summed E-state index contributed by atoms with van der Waals surface area (Å²) < 4.78 is 6.17. The SMILES string of the molecule is Cc1cccc(N2C(=O)[C@@](C)(c3ccc4c(c3)CCC(C)(C)O4)c3cc(Cl)ccc32)c1. The highest BCUT2D eigenvalue weighted by Gasteiger charge is 2.49. The van der Waals surface area contributed by atoms with Gasteiger partial charge in [0.05, 0.1) is 11.1 Å². The van der Waals surface area contributed by atoms with Crippen molar-refractivity contribution in [2.24, 2.45) is 0 Å². The number of anilines is 2. The molecular formula is C27H26ClNO2. The van der Waals surface area contributed by atoms with E-state index in [2.05, 4.69) is 19.9 Å². The number of amides is 1. The lowest BCUT2D eigenvalue weighted by atomic mass is 9.76. The van der Waals surface area contributed by atoms with Gasteiger partial charge in [-0.05, 0) is 99.2 Å². The summed E-state index contributed by atoms with van der Waals surface area (Å²) in [4.78, 5) is 15.9. The first kappa shape index (κ1) is 20.1. The zero-order valence-corrected chi connectivity index (χ0v) is 19.1. The van der Waals surface area contributed by atoms with Crippen LogP contribution in [0, 0.1) is 6.92 Å². The van der Waals surface area contributed by atoms with Crippen LogP contribution in [0.5, 0.6) is 5.75 Å². The van der Waals surface area contributed by atoms with E-state index in [0.29, 0.717) is 5.02 Å². The van der Waals surface area contributed by atoms with Crippen LogP contribution < -0.4 is 9.64 Å². The molecule has 0 aliphatic carbocycles. The first-order valence-electron chi connectivity index (χ1n) is 10.7. The van der Waals surface area contributed by atoms with Crippen LogP contribution in [-0.2, 0) is 16.6 Å². The largest absolute Gasteiger partial charge is 0.488 e. The van der Waals surface area contributed by atoms with Gasteiger partial charge in [-0.25, -0.2) is 0 Å². The molecule has 0 aromatic heterocycles. The lowest BCUT2D eigenvalue weighted by molar-refractivity contribution is -0.120. The van der Waals surface area contributed by atoms with Gasteiger partial charge >= 0.3 is 0 Å². The predicted molar refractivity (Wildman–Crippen MR) is 126 cm³/mol. The first-order valence-corrected chi connectivity index (χ1v) is 11.1. The fourth-order valence-electron chi connectivity index (χ4n) is 4.82. The minimum atomic E-state index is -0.827. The van der Waals surface area contributed by atoms with Crippen molar-refractivity contribution < 1.29 is 9.53 Å². The molecular weight excluding hydrogens is 406 g/mol. The van der Waals surface area contributed by atoms with Crippen LogP contribution in [0.3, 0.4) is 0 Å². The molecule has 0 unspecified atom stereocenters. The van der Waals surface area contributed by atoms with Crippen molar-refractivity contribution in [1.29, 1.82) is 0 Å². The Bertz CT molecular complexity index is 1220. The van der Waals surface area contributed by atoms with Gasteiger partial charge in [-0.3, -0.25) is 9.69 Å². The molecule has 3 aromatic carbocycles. The normalized spacial score (nSPS) is 21.5.